The van der Waals surface area contributed by atoms with Crippen molar-refractivity contribution in [2.45, 2.75) is 27.3 Å². The van der Waals surface area contributed by atoms with Gasteiger partial charge in [-0.1, -0.05) is 17.7 Å². The summed E-state index contributed by atoms with van der Waals surface area (Å²) in [4.78, 5) is 17.2. The Hall–Kier alpha value is -3.74. The van der Waals surface area contributed by atoms with Crippen LogP contribution in [-0.2, 0) is 6.54 Å². The van der Waals surface area contributed by atoms with Crippen LogP contribution in [0.5, 0.6) is 17.2 Å². The molecule has 7 nitrogen and oxygen atoms in total. The van der Waals surface area contributed by atoms with E-state index in [4.69, 9.17) is 14.2 Å². The second-order valence-electron chi connectivity index (χ2n) is 7.53. The third-order valence-electron chi connectivity index (χ3n) is 5.23. The quantitative estimate of drug-likeness (QED) is 0.524. The van der Waals surface area contributed by atoms with Crippen molar-refractivity contribution in [3.05, 3.63) is 70.4 Å². The number of anilines is 2. The van der Waals surface area contributed by atoms with Gasteiger partial charge >= 0.3 is 0 Å². The largest absolute Gasteiger partial charge is 0.493 e. The average molecular weight is 436 g/mol. The molecule has 32 heavy (non-hydrogen) atoms. The van der Waals surface area contributed by atoms with Crippen molar-refractivity contribution in [2.75, 3.05) is 32.0 Å². The molecule has 0 bridgehead atoms. The Labute approximate surface area is 188 Å². The third kappa shape index (κ3) is 5.11. The maximum atomic E-state index is 12.7. The minimum absolute atomic E-state index is 0.308. The number of ether oxygens (including phenoxy) is 3. The summed E-state index contributed by atoms with van der Waals surface area (Å²) in [5.41, 5.74) is 5.99. The van der Waals surface area contributed by atoms with Crippen LogP contribution in [0.4, 0.5) is 11.5 Å². The van der Waals surface area contributed by atoms with E-state index in [0.717, 1.165) is 5.82 Å². The van der Waals surface area contributed by atoms with Gasteiger partial charge in [0, 0.05) is 12.1 Å². The number of benzene rings is 2. The molecule has 0 spiro atoms. The topological polar surface area (TPSA) is 81.7 Å². The van der Waals surface area contributed by atoms with Crippen molar-refractivity contribution in [3.8, 4) is 17.2 Å². The average Bonchev–Trinajstić information content (AvgIpc) is 2.78. The Kier molecular flexibility index (Phi) is 7.20. The molecule has 0 unspecified atom stereocenters. The number of aryl methyl sites for hydroxylation is 3. The molecule has 0 atom stereocenters. The van der Waals surface area contributed by atoms with Crippen molar-refractivity contribution in [3.63, 3.8) is 0 Å². The summed E-state index contributed by atoms with van der Waals surface area (Å²) in [6.45, 7) is 7.02. The van der Waals surface area contributed by atoms with Crippen LogP contribution in [0.1, 0.15) is 32.6 Å². The second kappa shape index (κ2) is 10.0. The van der Waals surface area contributed by atoms with Crippen molar-refractivity contribution in [1.29, 1.82) is 0 Å². The Bertz CT molecular complexity index is 1060. The second-order valence-corrected chi connectivity index (χ2v) is 7.53. The van der Waals surface area contributed by atoms with Crippen molar-refractivity contribution in [2.24, 2.45) is 0 Å². The molecule has 0 aliphatic rings. The number of nitrogens with one attached hydrogen (secondary N) is 2. The molecule has 2 aromatic carbocycles. The minimum Gasteiger partial charge on any atom is -0.493 e. The number of pyridine rings is 1. The van der Waals surface area contributed by atoms with E-state index in [0.29, 0.717) is 35.0 Å². The van der Waals surface area contributed by atoms with Crippen LogP contribution in [-0.4, -0.2) is 32.2 Å². The first-order valence-electron chi connectivity index (χ1n) is 10.2. The molecular weight excluding hydrogens is 406 g/mol. The predicted octanol–water partition coefficient (Wildman–Crippen LogP) is 4.90. The number of methoxy groups -OCH3 is 3. The van der Waals surface area contributed by atoms with Gasteiger partial charge in [0.15, 0.2) is 11.5 Å². The number of hydrogen-bond donors (Lipinski definition) is 2. The van der Waals surface area contributed by atoms with Gasteiger partial charge in [0.05, 0.1) is 33.2 Å². The fraction of sp³-hybridized carbons (Fsp3) is 0.280. The van der Waals surface area contributed by atoms with E-state index in [9.17, 15) is 4.79 Å². The van der Waals surface area contributed by atoms with Crippen LogP contribution in [0.2, 0.25) is 0 Å². The van der Waals surface area contributed by atoms with Gasteiger partial charge in [-0.3, -0.25) is 4.79 Å². The third-order valence-corrected chi connectivity index (χ3v) is 5.23. The summed E-state index contributed by atoms with van der Waals surface area (Å²) in [6, 6.07) is 11.2. The number of carbonyl (C=O) groups excluding carboxylic acids is 1. The van der Waals surface area contributed by atoms with E-state index < -0.39 is 0 Å². The molecule has 1 aromatic heterocycles. The molecule has 0 fully saturated rings. The Balaban J connectivity index is 1.69. The first kappa shape index (κ1) is 22.9. The molecular formula is C25H29N3O4. The Morgan fingerprint density at radius 2 is 1.53 bits per heavy atom. The van der Waals surface area contributed by atoms with E-state index in [-0.39, 0.29) is 5.91 Å². The summed E-state index contributed by atoms with van der Waals surface area (Å²) in [6.07, 6.45) is 1.62. The molecule has 0 aliphatic heterocycles. The molecule has 1 heterocycles. The summed E-state index contributed by atoms with van der Waals surface area (Å²) in [5.74, 6) is 1.68. The predicted molar refractivity (Wildman–Crippen MR) is 126 cm³/mol. The van der Waals surface area contributed by atoms with E-state index in [2.05, 4.69) is 48.5 Å². The molecule has 0 radical (unpaired) electrons. The standard InChI is InChI=1S/C25H29N3O4/c1-15-9-16(2)20(17(3)10-15)14-27-23-8-7-19(13-26-23)28-25(29)18-11-21(30-4)24(32-6)22(12-18)31-5/h7-13H,14H2,1-6H3,(H,26,27)(H,28,29). The fourth-order valence-corrected chi connectivity index (χ4v) is 3.66. The SMILES string of the molecule is COc1cc(C(=O)Nc2ccc(NCc3c(C)cc(C)cc3C)nc2)cc(OC)c1OC. The highest BCUT2D eigenvalue weighted by Gasteiger charge is 2.17. The molecule has 0 saturated carbocycles. The lowest BCUT2D eigenvalue weighted by atomic mass is 10.00. The van der Waals surface area contributed by atoms with Crippen molar-refractivity contribution < 1.29 is 19.0 Å². The van der Waals surface area contributed by atoms with Gasteiger partial charge in [0.1, 0.15) is 5.82 Å². The molecule has 0 saturated heterocycles. The van der Waals surface area contributed by atoms with Crippen LogP contribution in [0, 0.1) is 20.8 Å². The zero-order valence-electron chi connectivity index (χ0n) is 19.3. The van der Waals surface area contributed by atoms with Gasteiger partial charge in [-0.25, -0.2) is 4.98 Å². The molecule has 3 aromatic rings. The molecule has 0 aliphatic carbocycles. The van der Waals surface area contributed by atoms with Crippen LogP contribution >= 0.6 is 0 Å². The monoisotopic (exact) mass is 435 g/mol. The van der Waals surface area contributed by atoms with E-state index >= 15 is 0 Å². The summed E-state index contributed by atoms with van der Waals surface area (Å²) in [7, 11) is 4.53. The van der Waals surface area contributed by atoms with Crippen LogP contribution in [0.15, 0.2) is 42.6 Å². The maximum absolute atomic E-state index is 12.7. The molecule has 2 N–H and O–H groups in total. The summed E-state index contributed by atoms with van der Waals surface area (Å²) >= 11 is 0. The van der Waals surface area contributed by atoms with Crippen LogP contribution < -0.4 is 24.8 Å². The van der Waals surface area contributed by atoms with Crippen molar-refractivity contribution >= 4 is 17.4 Å². The maximum Gasteiger partial charge on any atom is 0.255 e. The van der Waals surface area contributed by atoms with Crippen molar-refractivity contribution in [1.82, 2.24) is 4.98 Å². The minimum atomic E-state index is -0.308. The lowest BCUT2D eigenvalue weighted by molar-refractivity contribution is 0.102. The first-order valence-corrected chi connectivity index (χ1v) is 10.2. The Morgan fingerprint density at radius 1 is 0.906 bits per heavy atom. The highest BCUT2D eigenvalue weighted by molar-refractivity contribution is 6.05. The van der Waals surface area contributed by atoms with Gasteiger partial charge in [-0.2, -0.15) is 0 Å². The molecule has 168 valence electrons. The van der Waals surface area contributed by atoms with Gasteiger partial charge in [0.2, 0.25) is 5.75 Å². The molecule has 3 rings (SSSR count). The molecule has 7 heteroatoms. The van der Waals surface area contributed by atoms with Gasteiger partial charge in [-0.05, 0) is 61.7 Å². The van der Waals surface area contributed by atoms with Gasteiger partial charge < -0.3 is 24.8 Å². The highest BCUT2D eigenvalue weighted by Crippen LogP contribution is 2.38. The lowest BCUT2D eigenvalue weighted by Crippen LogP contribution is -2.13. The van der Waals surface area contributed by atoms with Crippen LogP contribution in [0.25, 0.3) is 0 Å². The number of hydrogen-bond acceptors (Lipinski definition) is 6. The zero-order chi connectivity index (χ0) is 23.3. The smallest absolute Gasteiger partial charge is 0.255 e. The zero-order valence-corrected chi connectivity index (χ0v) is 19.3. The fourth-order valence-electron chi connectivity index (χ4n) is 3.66. The normalized spacial score (nSPS) is 10.4. The van der Waals surface area contributed by atoms with E-state index in [1.165, 1.54) is 43.6 Å². The van der Waals surface area contributed by atoms with Gasteiger partial charge in [-0.15, -0.1) is 0 Å². The summed E-state index contributed by atoms with van der Waals surface area (Å²) < 4.78 is 15.9. The van der Waals surface area contributed by atoms with E-state index in [1.807, 2.05) is 6.07 Å². The number of aromatic nitrogens is 1. The molecule has 1 amide bonds. The highest BCUT2D eigenvalue weighted by atomic mass is 16.5. The number of amides is 1. The Morgan fingerprint density at radius 3 is 2.03 bits per heavy atom. The summed E-state index contributed by atoms with van der Waals surface area (Å²) in [5, 5.41) is 6.19. The van der Waals surface area contributed by atoms with Crippen LogP contribution in [0.3, 0.4) is 0 Å². The number of nitrogens with zero attached hydrogens (tertiary/aromatic N) is 1. The van der Waals surface area contributed by atoms with Gasteiger partial charge in [0.25, 0.3) is 5.91 Å². The van der Waals surface area contributed by atoms with E-state index in [1.54, 1.807) is 24.4 Å². The number of carbonyl (C=O) groups is 1. The lowest BCUT2D eigenvalue weighted by Gasteiger charge is -2.14. The number of rotatable bonds is 8. The first-order chi connectivity index (χ1) is 15.4.